The summed E-state index contributed by atoms with van der Waals surface area (Å²) in [7, 11) is 0. The van der Waals surface area contributed by atoms with Crippen LogP contribution >= 0.6 is 0 Å². The summed E-state index contributed by atoms with van der Waals surface area (Å²) in [5.41, 5.74) is 9.84. The van der Waals surface area contributed by atoms with Crippen LogP contribution in [0, 0.1) is 11.8 Å². The molecule has 0 spiro atoms. The second-order valence-electron chi connectivity index (χ2n) is 12.0. The second kappa shape index (κ2) is 10.5. The lowest BCUT2D eigenvalue weighted by molar-refractivity contribution is 0.631. The lowest BCUT2D eigenvalue weighted by Crippen LogP contribution is -2.19. The third-order valence-corrected chi connectivity index (χ3v) is 9.48. The fourth-order valence-corrected chi connectivity index (χ4v) is 7.48. The van der Waals surface area contributed by atoms with Crippen LogP contribution < -0.4 is 0 Å². The Balaban J connectivity index is 1.17. The first kappa shape index (κ1) is 25.8. The van der Waals surface area contributed by atoms with Gasteiger partial charge in [0.1, 0.15) is 11.3 Å². The van der Waals surface area contributed by atoms with Crippen LogP contribution in [0.3, 0.4) is 0 Å². The minimum atomic E-state index is 0.226. The smallest absolute Gasteiger partial charge is 0.135 e. The predicted molar refractivity (Wildman–Crippen MR) is 190 cm³/mol. The fourth-order valence-electron chi connectivity index (χ4n) is 7.48. The lowest BCUT2D eigenvalue weighted by atomic mass is 9.70. The lowest BCUT2D eigenvalue weighted by Gasteiger charge is -2.33. The third kappa shape index (κ3) is 4.24. The first-order valence-electron chi connectivity index (χ1n) is 15.7. The maximum Gasteiger partial charge on any atom is 0.135 e. The van der Waals surface area contributed by atoms with Gasteiger partial charge in [-0.2, -0.15) is 0 Å². The van der Waals surface area contributed by atoms with Gasteiger partial charge in [0.15, 0.2) is 0 Å². The molecule has 1 nitrogen and oxygen atoms in total. The number of hydrogen-bond acceptors (Lipinski definition) is 1. The molecule has 212 valence electrons. The predicted octanol–water partition coefficient (Wildman–Crippen LogP) is 11.9. The molecule has 2 atom stereocenters. The maximum absolute atomic E-state index is 6.24. The van der Waals surface area contributed by atoms with E-state index >= 15 is 0 Å². The second-order valence-corrected chi connectivity index (χ2v) is 12.0. The summed E-state index contributed by atoms with van der Waals surface area (Å²) >= 11 is 0. The largest absolute Gasteiger partial charge is 0.456 e. The molecule has 2 aliphatic rings. The zero-order valence-electron chi connectivity index (χ0n) is 24.7. The average molecular weight is 575 g/mol. The first-order chi connectivity index (χ1) is 22.3. The van der Waals surface area contributed by atoms with Gasteiger partial charge in [0.2, 0.25) is 0 Å². The third-order valence-electron chi connectivity index (χ3n) is 9.48. The molecule has 0 N–H and O–H groups in total. The van der Waals surface area contributed by atoms with Crippen molar-refractivity contribution >= 4 is 43.7 Å². The molecule has 0 bridgehead atoms. The molecule has 0 fully saturated rings. The van der Waals surface area contributed by atoms with Gasteiger partial charge in [0.25, 0.3) is 0 Å². The summed E-state index contributed by atoms with van der Waals surface area (Å²) in [6.07, 6.45) is 13.9. The Morgan fingerprint density at radius 3 is 1.60 bits per heavy atom. The highest BCUT2D eigenvalue weighted by Crippen LogP contribution is 2.49. The van der Waals surface area contributed by atoms with E-state index in [4.69, 9.17) is 4.42 Å². The van der Waals surface area contributed by atoms with E-state index in [2.05, 4.69) is 164 Å². The normalized spacial score (nSPS) is 17.4. The van der Waals surface area contributed by atoms with Crippen LogP contribution in [0.1, 0.15) is 11.1 Å². The van der Waals surface area contributed by atoms with Crippen molar-refractivity contribution in [1.82, 2.24) is 0 Å². The Kier molecular flexibility index (Phi) is 6.02. The highest BCUT2D eigenvalue weighted by atomic mass is 16.3. The van der Waals surface area contributed by atoms with Crippen LogP contribution in [0.4, 0.5) is 0 Å². The SMILES string of the molecule is C1=CC2C(c3ccc4oc(-c5ccccc5)cc4c3)=CC=CC2C(c2c3ccccc3c(-c3ccccc3)c3ccccc23)=C1. The highest BCUT2D eigenvalue weighted by molar-refractivity contribution is 6.19. The Bertz CT molecular complexity index is 2310. The molecular formula is C44H30O. The van der Waals surface area contributed by atoms with E-state index in [0.29, 0.717) is 0 Å². The van der Waals surface area contributed by atoms with E-state index in [1.165, 1.54) is 54.9 Å². The van der Waals surface area contributed by atoms with Crippen molar-refractivity contribution in [1.29, 1.82) is 0 Å². The number of allylic oxidation sites excluding steroid dienone is 8. The van der Waals surface area contributed by atoms with Crippen molar-refractivity contribution in [2.24, 2.45) is 11.8 Å². The van der Waals surface area contributed by atoms with Crippen LogP contribution in [-0.2, 0) is 0 Å². The van der Waals surface area contributed by atoms with Crippen LogP contribution in [-0.4, -0.2) is 0 Å². The van der Waals surface area contributed by atoms with Crippen molar-refractivity contribution in [3.05, 3.63) is 181 Å². The molecule has 2 unspecified atom stereocenters. The van der Waals surface area contributed by atoms with E-state index in [-0.39, 0.29) is 11.8 Å². The molecular weight excluding hydrogens is 544 g/mol. The van der Waals surface area contributed by atoms with E-state index in [1.54, 1.807) is 0 Å². The van der Waals surface area contributed by atoms with Gasteiger partial charge in [-0.05, 0) is 73.1 Å². The van der Waals surface area contributed by atoms with E-state index in [9.17, 15) is 0 Å². The van der Waals surface area contributed by atoms with Gasteiger partial charge in [-0.25, -0.2) is 0 Å². The number of hydrogen-bond donors (Lipinski definition) is 0. The Morgan fingerprint density at radius 1 is 0.422 bits per heavy atom. The van der Waals surface area contributed by atoms with E-state index in [1.807, 2.05) is 6.07 Å². The van der Waals surface area contributed by atoms with Crippen molar-refractivity contribution in [2.45, 2.75) is 0 Å². The Labute approximate surface area is 262 Å². The average Bonchev–Trinajstić information content (AvgIpc) is 3.55. The summed E-state index contributed by atoms with van der Waals surface area (Å²) in [5, 5.41) is 6.31. The summed E-state index contributed by atoms with van der Waals surface area (Å²) < 4.78 is 6.24. The molecule has 1 aromatic heterocycles. The van der Waals surface area contributed by atoms with Gasteiger partial charge in [-0.15, -0.1) is 0 Å². The van der Waals surface area contributed by atoms with Crippen molar-refractivity contribution < 1.29 is 4.42 Å². The summed E-state index contributed by atoms with van der Waals surface area (Å²) in [6, 6.07) is 47.8. The van der Waals surface area contributed by atoms with Gasteiger partial charge in [-0.3, -0.25) is 0 Å². The minimum Gasteiger partial charge on any atom is -0.456 e. The molecule has 1 heteroatoms. The van der Waals surface area contributed by atoms with Crippen LogP contribution in [0.25, 0.3) is 66.1 Å². The molecule has 6 aromatic carbocycles. The molecule has 0 aliphatic heterocycles. The van der Waals surface area contributed by atoms with E-state index < -0.39 is 0 Å². The molecule has 45 heavy (non-hydrogen) atoms. The Hall–Kier alpha value is -5.66. The zero-order valence-corrected chi connectivity index (χ0v) is 24.7. The van der Waals surface area contributed by atoms with Crippen LogP contribution in [0.5, 0.6) is 0 Å². The quantitative estimate of drug-likeness (QED) is 0.191. The molecule has 0 radical (unpaired) electrons. The number of fused-ring (bicyclic) bond motifs is 4. The molecule has 9 rings (SSSR count). The Morgan fingerprint density at radius 2 is 0.956 bits per heavy atom. The van der Waals surface area contributed by atoms with Crippen molar-refractivity contribution in [2.75, 3.05) is 0 Å². The van der Waals surface area contributed by atoms with Crippen molar-refractivity contribution in [3.8, 4) is 22.5 Å². The summed E-state index contributed by atoms with van der Waals surface area (Å²) in [4.78, 5) is 0. The maximum atomic E-state index is 6.24. The molecule has 7 aromatic rings. The van der Waals surface area contributed by atoms with Gasteiger partial charge >= 0.3 is 0 Å². The summed E-state index contributed by atoms with van der Waals surface area (Å²) in [6.45, 7) is 0. The fraction of sp³-hybridized carbons (Fsp3) is 0.0455. The molecule has 0 saturated heterocycles. The zero-order chi connectivity index (χ0) is 29.7. The van der Waals surface area contributed by atoms with Gasteiger partial charge in [-0.1, -0.05) is 152 Å². The van der Waals surface area contributed by atoms with Crippen LogP contribution in [0.15, 0.2) is 174 Å². The minimum absolute atomic E-state index is 0.226. The molecule has 0 saturated carbocycles. The topological polar surface area (TPSA) is 13.1 Å². The molecule has 2 aliphatic carbocycles. The number of furan rings is 1. The standard InChI is InChI=1S/C44H30O/c1-3-13-29(14-4-1)42-28-32-27-31(25-26-41(32)45-42)33-21-11-23-35-34(33)22-12-24-36(35)44-39-19-9-7-17-37(39)43(30-15-5-2-6-16-30)38-18-8-10-20-40(38)44/h1-28,34-35H. The summed E-state index contributed by atoms with van der Waals surface area (Å²) in [5.74, 6) is 1.36. The molecule has 1 heterocycles. The monoisotopic (exact) mass is 574 g/mol. The van der Waals surface area contributed by atoms with Crippen molar-refractivity contribution in [3.63, 3.8) is 0 Å². The van der Waals surface area contributed by atoms with Gasteiger partial charge < -0.3 is 4.42 Å². The van der Waals surface area contributed by atoms with E-state index in [0.717, 1.165) is 22.3 Å². The molecule has 0 amide bonds. The highest BCUT2D eigenvalue weighted by Gasteiger charge is 2.31. The number of benzene rings is 6. The van der Waals surface area contributed by atoms with Gasteiger partial charge in [0, 0.05) is 22.8 Å². The first-order valence-corrected chi connectivity index (χ1v) is 15.7. The van der Waals surface area contributed by atoms with Gasteiger partial charge in [0.05, 0.1) is 0 Å². The van der Waals surface area contributed by atoms with Crippen LogP contribution in [0.2, 0.25) is 0 Å². The number of rotatable bonds is 4.